The number of benzene rings is 1. The molecule has 0 saturated heterocycles. The normalized spacial score (nSPS) is 20.8. The van der Waals surface area contributed by atoms with Crippen molar-refractivity contribution in [3.05, 3.63) is 22.3 Å². The minimum absolute atomic E-state index is 0.0000795. The van der Waals surface area contributed by atoms with Crippen molar-refractivity contribution in [2.45, 2.75) is 112 Å². The summed E-state index contributed by atoms with van der Waals surface area (Å²) < 4.78 is 13.6. The highest BCUT2D eigenvalue weighted by atomic mass is 28.3. The van der Waals surface area contributed by atoms with Gasteiger partial charge in [-0.05, 0) is 57.0 Å². The molecule has 0 saturated carbocycles. The summed E-state index contributed by atoms with van der Waals surface area (Å²) in [6.07, 6.45) is 5.40. The van der Waals surface area contributed by atoms with Crippen molar-refractivity contribution in [3.63, 3.8) is 0 Å². The Morgan fingerprint density at radius 1 is 1.04 bits per heavy atom. The third-order valence-corrected chi connectivity index (χ3v) is 6.94. The molecular formula is C24H41O3Si. The summed E-state index contributed by atoms with van der Waals surface area (Å²) >= 11 is 0. The molecule has 1 aromatic rings. The highest BCUT2D eigenvalue weighted by Gasteiger charge is 2.49. The Morgan fingerprint density at radius 2 is 1.61 bits per heavy atom. The van der Waals surface area contributed by atoms with E-state index < -0.39 is 9.04 Å². The number of phenolic OH excluding ortho intramolecular Hbond substituents is 1. The lowest BCUT2D eigenvalue weighted by atomic mass is 9.72. The molecule has 3 nitrogen and oxygen atoms in total. The van der Waals surface area contributed by atoms with Crippen LogP contribution in [0.4, 0.5) is 0 Å². The van der Waals surface area contributed by atoms with Crippen molar-refractivity contribution < 1.29 is 14.3 Å². The number of hydrogen-bond donors (Lipinski definition) is 1. The second kappa shape index (κ2) is 8.79. The Kier molecular flexibility index (Phi) is 7.30. The maximum atomic E-state index is 10.9. The molecule has 1 radical (unpaired) electrons. The molecule has 28 heavy (non-hydrogen) atoms. The highest BCUT2D eigenvalue weighted by molar-refractivity contribution is 6.48. The topological polar surface area (TPSA) is 38.7 Å². The molecule has 1 aromatic carbocycles. The van der Waals surface area contributed by atoms with Crippen molar-refractivity contribution in [2.24, 2.45) is 5.41 Å². The molecule has 0 amide bonds. The summed E-state index contributed by atoms with van der Waals surface area (Å²) in [6, 6.07) is 0. The van der Waals surface area contributed by atoms with E-state index >= 15 is 0 Å². The summed E-state index contributed by atoms with van der Waals surface area (Å²) in [5.74, 6) is 1.55. The van der Waals surface area contributed by atoms with Crippen molar-refractivity contribution in [1.82, 2.24) is 0 Å². The molecule has 2 atom stereocenters. The zero-order chi connectivity index (χ0) is 21.3. The van der Waals surface area contributed by atoms with Gasteiger partial charge >= 0.3 is 0 Å². The quantitative estimate of drug-likeness (QED) is 0.546. The van der Waals surface area contributed by atoms with E-state index in [1.807, 2.05) is 0 Å². The predicted molar refractivity (Wildman–Crippen MR) is 120 cm³/mol. The van der Waals surface area contributed by atoms with Crippen LogP contribution in [0.5, 0.6) is 11.5 Å². The van der Waals surface area contributed by atoms with Crippen LogP contribution in [0.15, 0.2) is 0 Å². The standard InChI is InChI=1S/C24H41O3Si/c1-10-16-18(12-3)21-19(17(11-2)20(16)25)14-15-24(13-4,26-21)22(23(5,6)7)27-28(8)9/h22,25H,10-15H2,1-9H3. The van der Waals surface area contributed by atoms with Gasteiger partial charge in [0.1, 0.15) is 17.1 Å². The van der Waals surface area contributed by atoms with Crippen LogP contribution in [0.3, 0.4) is 0 Å². The first kappa shape index (κ1) is 23.3. The molecule has 159 valence electrons. The first-order valence-corrected chi connectivity index (χ1v) is 13.5. The molecular weight excluding hydrogens is 364 g/mol. The maximum Gasteiger partial charge on any atom is 0.205 e. The molecule has 4 heteroatoms. The Balaban J connectivity index is 2.67. The van der Waals surface area contributed by atoms with E-state index in [1.165, 1.54) is 11.1 Å². The smallest absolute Gasteiger partial charge is 0.205 e. The molecule has 0 aromatic heterocycles. The third kappa shape index (κ3) is 4.14. The van der Waals surface area contributed by atoms with Crippen LogP contribution in [0.1, 0.15) is 83.6 Å². The van der Waals surface area contributed by atoms with Gasteiger partial charge in [-0.15, -0.1) is 0 Å². The second-order valence-corrected chi connectivity index (χ2v) is 11.5. The Hall–Kier alpha value is -1.00. The van der Waals surface area contributed by atoms with Crippen LogP contribution >= 0.6 is 0 Å². The van der Waals surface area contributed by atoms with Crippen LogP contribution in [0.25, 0.3) is 0 Å². The van der Waals surface area contributed by atoms with E-state index in [1.54, 1.807) is 0 Å². The van der Waals surface area contributed by atoms with Gasteiger partial charge in [0, 0.05) is 22.3 Å². The lowest BCUT2D eigenvalue weighted by molar-refractivity contribution is -0.104. The van der Waals surface area contributed by atoms with Gasteiger partial charge in [-0.25, -0.2) is 0 Å². The molecule has 1 aliphatic heterocycles. The average Bonchev–Trinajstić information content (AvgIpc) is 2.64. The molecule has 0 spiro atoms. The van der Waals surface area contributed by atoms with Crippen molar-refractivity contribution in [3.8, 4) is 11.5 Å². The Labute approximate surface area is 174 Å². The van der Waals surface area contributed by atoms with Gasteiger partial charge in [0.2, 0.25) is 9.04 Å². The van der Waals surface area contributed by atoms with E-state index in [0.717, 1.165) is 55.4 Å². The zero-order valence-electron chi connectivity index (χ0n) is 19.6. The lowest BCUT2D eigenvalue weighted by Crippen LogP contribution is -2.57. The molecule has 1 heterocycles. The number of rotatable bonds is 7. The van der Waals surface area contributed by atoms with E-state index in [4.69, 9.17) is 9.16 Å². The summed E-state index contributed by atoms with van der Waals surface area (Å²) in [7, 11) is -0.856. The lowest BCUT2D eigenvalue weighted by Gasteiger charge is -2.50. The predicted octanol–water partition coefficient (Wildman–Crippen LogP) is 6.24. The first-order valence-electron chi connectivity index (χ1n) is 11.1. The van der Waals surface area contributed by atoms with E-state index in [2.05, 4.69) is 61.6 Å². The van der Waals surface area contributed by atoms with Crippen molar-refractivity contribution in [2.75, 3.05) is 0 Å². The zero-order valence-corrected chi connectivity index (χ0v) is 20.6. The van der Waals surface area contributed by atoms with Crippen molar-refractivity contribution in [1.29, 1.82) is 0 Å². The Morgan fingerprint density at radius 3 is 2.04 bits per heavy atom. The minimum Gasteiger partial charge on any atom is -0.507 e. The maximum absolute atomic E-state index is 10.9. The number of aromatic hydroxyl groups is 1. The van der Waals surface area contributed by atoms with Crippen LogP contribution in [0, 0.1) is 5.41 Å². The fourth-order valence-corrected chi connectivity index (χ4v) is 6.01. The second-order valence-electron chi connectivity index (χ2n) is 9.45. The fraction of sp³-hybridized carbons (Fsp3) is 0.750. The van der Waals surface area contributed by atoms with Crippen LogP contribution in [-0.4, -0.2) is 25.9 Å². The van der Waals surface area contributed by atoms with Crippen LogP contribution < -0.4 is 4.74 Å². The first-order chi connectivity index (χ1) is 13.1. The van der Waals surface area contributed by atoms with Crippen molar-refractivity contribution >= 4 is 9.04 Å². The Bertz CT molecular complexity index is 665. The van der Waals surface area contributed by atoms with E-state index in [-0.39, 0.29) is 17.1 Å². The van der Waals surface area contributed by atoms with Gasteiger partial charge < -0.3 is 14.3 Å². The molecule has 0 fully saturated rings. The number of ether oxygens (including phenoxy) is 1. The van der Waals surface area contributed by atoms with E-state index in [9.17, 15) is 5.11 Å². The minimum atomic E-state index is -0.856. The molecule has 2 rings (SSSR count). The molecule has 2 unspecified atom stereocenters. The average molecular weight is 406 g/mol. The largest absolute Gasteiger partial charge is 0.507 e. The summed E-state index contributed by atoms with van der Waals surface area (Å²) in [5.41, 5.74) is 4.25. The molecule has 1 N–H and O–H groups in total. The van der Waals surface area contributed by atoms with Gasteiger partial charge in [0.15, 0.2) is 0 Å². The molecule has 0 aliphatic carbocycles. The highest BCUT2D eigenvalue weighted by Crippen LogP contribution is 2.49. The number of fused-ring (bicyclic) bond motifs is 1. The SMILES string of the molecule is CCc1c(O)c(CC)c2c(c1CC)OC(CC)(C(O[Si](C)C)C(C)(C)C)CC2. The summed E-state index contributed by atoms with van der Waals surface area (Å²) in [5, 5.41) is 10.9. The van der Waals surface area contributed by atoms with Crippen LogP contribution in [0.2, 0.25) is 13.1 Å². The van der Waals surface area contributed by atoms with Crippen LogP contribution in [-0.2, 0) is 30.1 Å². The van der Waals surface area contributed by atoms with Gasteiger partial charge in [0.25, 0.3) is 0 Å². The van der Waals surface area contributed by atoms with Gasteiger partial charge in [-0.2, -0.15) is 0 Å². The number of phenols is 1. The van der Waals surface area contributed by atoms with Gasteiger partial charge in [0.05, 0.1) is 6.10 Å². The monoisotopic (exact) mass is 405 g/mol. The van der Waals surface area contributed by atoms with Gasteiger partial charge in [-0.1, -0.05) is 48.5 Å². The third-order valence-electron chi connectivity index (χ3n) is 6.23. The fourth-order valence-electron chi connectivity index (χ4n) is 4.97. The molecule has 0 bridgehead atoms. The van der Waals surface area contributed by atoms with E-state index in [0.29, 0.717) is 5.75 Å². The summed E-state index contributed by atoms with van der Waals surface area (Å²) in [4.78, 5) is 0. The molecule has 1 aliphatic rings. The number of hydrogen-bond acceptors (Lipinski definition) is 3. The summed E-state index contributed by atoms with van der Waals surface area (Å²) in [6.45, 7) is 19.9. The van der Waals surface area contributed by atoms with Gasteiger partial charge in [-0.3, -0.25) is 0 Å².